The molecule has 2 rings (SSSR count). The predicted molar refractivity (Wildman–Crippen MR) is 136 cm³/mol. The summed E-state index contributed by atoms with van der Waals surface area (Å²) in [6.07, 6.45) is 1.35. The minimum absolute atomic E-state index is 0.301. The van der Waals surface area contributed by atoms with E-state index >= 15 is 0 Å². The zero-order valence-electron chi connectivity index (χ0n) is 20.2. The largest absolute Gasteiger partial charge is 0.342 e. The van der Waals surface area contributed by atoms with E-state index in [1.54, 1.807) is 0 Å². The van der Waals surface area contributed by atoms with Crippen LogP contribution in [0.1, 0.15) is 54.4 Å². The van der Waals surface area contributed by atoms with Crippen LogP contribution in [0.3, 0.4) is 0 Å². The van der Waals surface area contributed by atoms with Crippen LogP contribution in [0.5, 0.6) is 0 Å². The van der Waals surface area contributed by atoms with Crippen molar-refractivity contribution in [1.29, 1.82) is 10.8 Å². The number of azo groups is 1. The van der Waals surface area contributed by atoms with Gasteiger partial charge in [0.2, 0.25) is 0 Å². The Bertz CT molecular complexity index is 831. The van der Waals surface area contributed by atoms with Crippen molar-refractivity contribution < 1.29 is 0 Å². The summed E-state index contributed by atoms with van der Waals surface area (Å²) in [5.41, 5.74) is 0.0575. The fourth-order valence-electron chi connectivity index (χ4n) is 3.80. The molecule has 2 aromatic carbocycles. The number of para-hydroxylation sites is 2. The van der Waals surface area contributed by atoms with Crippen molar-refractivity contribution in [2.24, 2.45) is 22.1 Å². The van der Waals surface area contributed by atoms with Gasteiger partial charge in [-0.25, -0.2) is 0 Å². The average molecular weight is 435 g/mol. The van der Waals surface area contributed by atoms with Crippen LogP contribution >= 0.6 is 0 Å². The molecular formula is C26H38N6. The normalized spacial score (nSPS) is 15.4. The third kappa shape index (κ3) is 7.29. The monoisotopic (exact) mass is 434 g/mol. The Balaban J connectivity index is 2.32. The lowest BCUT2D eigenvalue weighted by atomic mass is 9.89. The predicted octanol–water partition coefficient (Wildman–Crippen LogP) is 7.23. The van der Waals surface area contributed by atoms with Crippen LogP contribution in [0, 0.1) is 22.7 Å². The van der Waals surface area contributed by atoms with E-state index in [2.05, 4.69) is 38.3 Å². The third-order valence-electron chi connectivity index (χ3n) is 5.27. The molecule has 0 bridgehead atoms. The Kier molecular flexibility index (Phi) is 8.70. The highest BCUT2D eigenvalue weighted by Crippen LogP contribution is 2.29. The molecule has 4 N–H and O–H groups in total. The molecule has 0 spiro atoms. The van der Waals surface area contributed by atoms with Gasteiger partial charge in [0, 0.05) is 11.4 Å². The summed E-state index contributed by atoms with van der Waals surface area (Å²) < 4.78 is 0. The quantitative estimate of drug-likeness (QED) is 0.180. The highest BCUT2D eigenvalue weighted by Gasteiger charge is 2.36. The lowest BCUT2D eigenvalue weighted by Gasteiger charge is -2.32. The molecule has 0 fully saturated rings. The molecule has 0 aliphatic rings. The summed E-state index contributed by atoms with van der Waals surface area (Å²) in [5.74, 6) is 1.26. The Morgan fingerprint density at radius 3 is 1.28 bits per heavy atom. The van der Waals surface area contributed by atoms with Crippen LogP contribution in [0.4, 0.5) is 11.4 Å². The van der Waals surface area contributed by atoms with Crippen LogP contribution in [-0.4, -0.2) is 22.7 Å². The molecule has 6 heteroatoms. The molecule has 2 unspecified atom stereocenters. The van der Waals surface area contributed by atoms with Gasteiger partial charge in [-0.2, -0.15) is 10.2 Å². The zero-order chi connectivity index (χ0) is 23.8. The summed E-state index contributed by atoms with van der Waals surface area (Å²) in [6, 6.07) is 19.4. The lowest BCUT2D eigenvalue weighted by molar-refractivity contribution is 0.398. The topological polar surface area (TPSA) is 96.5 Å². The van der Waals surface area contributed by atoms with Crippen LogP contribution in [0.2, 0.25) is 0 Å². The number of amidine groups is 2. The maximum absolute atomic E-state index is 8.78. The molecule has 32 heavy (non-hydrogen) atoms. The highest BCUT2D eigenvalue weighted by atomic mass is 15.2. The van der Waals surface area contributed by atoms with Gasteiger partial charge >= 0.3 is 0 Å². The van der Waals surface area contributed by atoms with Gasteiger partial charge in [0.05, 0.1) is 0 Å². The van der Waals surface area contributed by atoms with Gasteiger partial charge in [-0.3, -0.25) is 10.8 Å². The van der Waals surface area contributed by atoms with Gasteiger partial charge in [0.25, 0.3) is 0 Å². The van der Waals surface area contributed by atoms with Crippen molar-refractivity contribution in [2.75, 3.05) is 10.6 Å². The highest BCUT2D eigenvalue weighted by molar-refractivity contribution is 6.01. The van der Waals surface area contributed by atoms with E-state index in [0.29, 0.717) is 36.3 Å². The SMILES string of the molecule is CC(C)CC(C)(/N=N/C(C)(CC(C)C)C(=N)Nc1ccccc1)C(=N)Nc1ccccc1. The summed E-state index contributed by atoms with van der Waals surface area (Å²) in [6.45, 7) is 12.4. The first kappa shape index (κ1) is 25.2. The summed E-state index contributed by atoms with van der Waals surface area (Å²) in [5, 5.41) is 33.4. The van der Waals surface area contributed by atoms with Crippen molar-refractivity contribution >= 4 is 23.0 Å². The number of hydrogen-bond acceptors (Lipinski definition) is 4. The number of benzene rings is 2. The zero-order valence-corrected chi connectivity index (χ0v) is 20.2. The second-order valence-electron chi connectivity index (χ2n) is 9.68. The molecule has 2 aromatic rings. The molecule has 0 saturated carbocycles. The summed E-state index contributed by atoms with van der Waals surface area (Å²) >= 11 is 0. The molecule has 2 atom stereocenters. The molecule has 0 aliphatic carbocycles. The molecule has 0 heterocycles. The lowest BCUT2D eigenvalue weighted by Crippen LogP contribution is -2.42. The number of rotatable bonds is 10. The minimum Gasteiger partial charge on any atom is -0.342 e. The number of anilines is 2. The van der Waals surface area contributed by atoms with E-state index in [0.717, 1.165) is 11.4 Å². The maximum atomic E-state index is 8.78. The molecule has 0 amide bonds. The molecule has 0 saturated heterocycles. The number of nitrogens with one attached hydrogen (secondary N) is 4. The van der Waals surface area contributed by atoms with Crippen LogP contribution in [0.25, 0.3) is 0 Å². The van der Waals surface area contributed by atoms with Gasteiger partial charge < -0.3 is 10.6 Å². The van der Waals surface area contributed by atoms with Crippen molar-refractivity contribution in [3.63, 3.8) is 0 Å². The van der Waals surface area contributed by atoms with Crippen LogP contribution in [0.15, 0.2) is 70.9 Å². The first-order chi connectivity index (χ1) is 15.0. The first-order valence-electron chi connectivity index (χ1n) is 11.3. The minimum atomic E-state index is -0.824. The van der Waals surface area contributed by atoms with Gasteiger partial charge in [0.15, 0.2) is 0 Å². The van der Waals surface area contributed by atoms with Gasteiger partial charge in [-0.1, -0.05) is 64.1 Å². The summed E-state index contributed by atoms with van der Waals surface area (Å²) in [4.78, 5) is 0. The van der Waals surface area contributed by atoms with Gasteiger partial charge in [-0.05, 0) is 62.8 Å². The summed E-state index contributed by atoms with van der Waals surface area (Å²) in [7, 11) is 0. The second-order valence-corrected chi connectivity index (χ2v) is 9.68. The van der Waals surface area contributed by atoms with Crippen LogP contribution in [-0.2, 0) is 0 Å². The second kappa shape index (κ2) is 11.0. The fourth-order valence-corrected chi connectivity index (χ4v) is 3.80. The molecule has 6 nitrogen and oxygen atoms in total. The van der Waals surface area contributed by atoms with E-state index in [4.69, 9.17) is 21.0 Å². The maximum Gasteiger partial charge on any atom is 0.136 e. The van der Waals surface area contributed by atoms with E-state index < -0.39 is 11.1 Å². The third-order valence-corrected chi connectivity index (χ3v) is 5.27. The number of hydrogen-bond donors (Lipinski definition) is 4. The van der Waals surface area contributed by atoms with Crippen molar-refractivity contribution in [3.05, 3.63) is 60.7 Å². The standard InChI is InChI=1S/C26H38N6/c1-19(2)17-25(5,23(27)29-21-13-9-7-10-14-21)31-32-26(6,18-20(3)4)24(28)30-22-15-11-8-12-16-22/h7-16,19-20H,17-18H2,1-6H3,(H2,27,29)(H2,28,30)/b32-31+. The van der Waals surface area contributed by atoms with E-state index in [-0.39, 0.29) is 0 Å². The Labute approximate surface area is 193 Å². The Morgan fingerprint density at radius 2 is 1.00 bits per heavy atom. The van der Waals surface area contributed by atoms with E-state index in [9.17, 15) is 0 Å². The van der Waals surface area contributed by atoms with Crippen LogP contribution < -0.4 is 10.6 Å². The molecule has 0 radical (unpaired) electrons. The van der Waals surface area contributed by atoms with Crippen molar-refractivity contribution in [2.45, 2.75) is 65.5 Å². The first-order valence-corrected chi connectivity index (χ1v) is 11.3. The van der Waals surface area contributed by atoms with E-state index in [1.807, 2.05) is 74.5 Å². The molecule has 172 valence electrons. The van der Waals surface area contributed by atoms with Gasteiger partial charge in [0.1, 0.15) is 22.7 Å². The molecule has 0 aromatic heterocycles. The molecular weight excluding hydrogens is 396 g/mol. The molecule has 0 aliphatic heterocycles. The Morgan fingerprint density at radius 1 is 0.688 bits per heavy atom. The van der Waals surface area contributed by atoms with Crippen molar-refractivity contribution in [1.82, 2.24) is 0 Å². The fraction of sp³-hybridized carbons (Fsp3) is 0.462. The number of nitrogens with zero attached hydrogens (tertiary/aromatic N) is 2. The van der Waals surface area contributed by atoms with Gasteiger partial charge in [-0.15, -0.1) is 0 Å². The Hall–Kier alpha value is -3.02. The average Bonchev–Trinajstić information content (AvgIpc) is 2.73. The van der Waals surface area contributed by atoms with E-state index in [1.165, 1.54) is 0 Å². The van der Waals surface area contributed by atoms with Crippen molar-refractivity contribution in [3.8, 4) is 0 Å². The smallest absolute Gasteiger partial charge is 0.136 e.